The minimum atomic E-state index is -0.0771. The van der Waals surface area contributed by atoms with Gasteiger partial charge in [-0.05, 0) is 61.4 Å². The van der Waals surface area contributed by atoms with Gasteiger partial charge in [0.2, 0.25) is 0 Å². The number of nitrogens with one attached hydrogen (secondary N) is 1. The summed E-state index contributed by atoms with van der Waals surface area (Å²) in [6.45, 7) is 0. The number of benzene rings is 1. The van der Waals surface area contributed by atoms with Crippen LogP contribution in [0.1, 0.15) is 55.7 Å². The second-order valence-corrected chi connectivity index (χ2v) is 5.60. The van der Waals surface area contributed by atoms with Crippen molar-refractivity contribution in [1.82, 2.24) is 5.32 Å². The van der Waals surface area contributed by atoms with Gasteiger partial charge in [0.1, 0.15) is 5.82 Å². The highest BCUT2D eigenvalue weighted by molar-refractivity contribution is 5.40. The molecule has 2 aliphatic rings. The van der Waals surface area contributed by atoms with E-state index >= 15 is 0 Å². The molecule has 0 aromatic heterocycles. The molecule has 0 aliphatic heterocycles. The van der Waals surface area contributed by atoms with Gasteiger partial charge in [-0.25, -0.2) is 4.39 Å². The van der Waals surface area contributed by atoms with Gasteiger partial charge in [-0.1, -0.05) is 18.9 Å². The van der Waals surface area contributed by atoms with Crippen LogP contribution in [0.2, 0.25) is 0 Å². The standard InChI is InChI=1S/C15H20FN/c1-17-14-6-9-15(7-2-3-8-15)13-10-11(16)4-5-12(13)14/h4-5,10,14,17H,2-3,6-9H2,1H3. The van der Waals surface area contributed by atoms with Crippen LogP contribution in [0, 0.1) is 5.82 Å². The van der Waals surface area contributed by atoms with E-state index in [1.165, 1.54) is 49.7 Å². The molecule has 0 heterocycles. The summed E-state index contributed by atoms with van der Waals surface area (Å²) in [6, 6.07) is 5.81. The number of hydrogen-bond donors (Lipinski definition) is 1. The van der Waals surface area contributed by atoms with E-state index in [-0.39, 0.29) is 5.82 Å². The largest absolute Gasteiger partial charge is 0.313 e. The number of halogens is 1. The fourth-order valence-corrected chi connectivity index (χ4v) is 3.87. The highest BCUT2D eigenvalue weighted by Gasteiger charge is 2.41. The highest BCUT2D eigenvalue weighted by atomic mass is 19.1. The van der Waals surface area contributed by atoms with Crippen LogP contribution in [0.3, 0.4) is 0 Å². The van der Waals surface area contributed by atoms with Gasteiger partial charge in [0.15, 0.2) is 0 Å². The van der Waals surface area contributed by atoms with Gasteiger partial charge in [-0.2, -0.15) is 0 Å². The summed E-state index contributed by atoms with van der Waals surface area (Å²) in [5.74, 6) is -0.0771. The van der Waals surface area contributed by atoms with E-state index < -0.39 is 0 Å². The third-order valence-electron chi connectivity index (χ3n) is 4.78. The van der Waals surface area contributed by atoms with Crippen molar-refractivity contribution in [2.45, 2.75) is 50.0 Å². The lowest BCUT2D eigenvalue weighted by Crippen LogP contribution is -2.33. The van der Waals surface area contributed by atoms with Crippen molar-refractivity contribution in [3.05, 3.63) is 35.1 Å². The van der Waals surface area contributed by atoms with Crippen LogP contribution in [0.4, 0.5) is 4.39 Å². The summed E-state index contributed by atoms with van der Waals surface area (Å²) in [5, 5.41) is 3.36. The quantitative estimate of drug-likeness (QED) is 0.780. The Bertz CT molecular complexity index is 421. The number of fused-ring (bicyclic) bond motifs is 2. The van der Waals surface area contributed by atoms with Crippen LogP contribution < -0.4 is 5.32 Å². The third kappa shape index (κ3) is 1.70. The van der Waals surface area contributed by atoms with Gasteiger partial charge < -0.3 is 5.32 Å². The van der Waals surface area contributed by atoms with Crippen molar-refractivity contribution in [2.24, 2.45) is 0 Å². The van der Waals surface area contributed by atoms with Crippen molar-refractivity contribution < 1.29 is 4.39 Å². The summed E-state index contributed by atoms with van der Waals surface area (Å²) in [6.07, 6.45) is 7.52. The normalized spacial score (nSPS) is 26.1. The molecule has 1 aromatic carbocycles. The van der Waals surface area contributed by atoms with Gasteiger partial charge in [0, 0.05) is 6.04 Å². The van der Waals surface area contributed by atoms with E-state index in [0.717, 1.165) is 0 Å². The summed E-state index contributed by atoms with van der Waals surface area (Å²) in [5.41, 5.74) is 2.92. The molecule has 1 fully saturated rings. The molecule has 2 aliphatic carbocycles. The minimum absolute atomic E-state index is 0.0771. The van der Waals surface area contributed by atoms with Crippen molar-refractivity contribution >= 4 is 0 Å². The SMILES string of the molecule is CNC1CCC2(CCCC2)c2cc(F)ccc21. The Morgan fingerprint density at radius 1 is 1.24 bits per heavy atom. The summed E-state index contributed by atoms with van der Waals surface area (Å²) >= 11 is 0. The third-order valence-corrected chi connectivity index (χ3v) is 4.78. The highest BCUT2D eigenvalue weighted by Crippen LogP contribution is 2.51. The van der Waals surface area contributed by atoms with Crippen LogP contribution in [-0.2, 0) is 5.41 Å². The second kappa shape index (κ2) is 4.09. The van der Waals surface area contributed by atoms with Crippen LogP contribution in [-0.4, -0.2) is 7.05 Å². The first-order chi connectivity index (χ1) is 8.25. The Balaban J connectivity index is 2.11. The lowest BCUT2D eigenvalue weighted by Gasteiger charge is -2.39. The molecule has 3 rings (SSSR count). The van der Waals surface area contributed by atoms with Gasteiger partial charge in [-0.3, -0.25) is 0 Å². The zero-order valence-corrected chi connectivity index (χ0v) is 10.4. The molecule has 1 saturated carbocycles. The fourth-order valence-electron chi connectivity index (χ4n) is 3.87. The molecule has 0 radical (unpaired) electrons. The first kappa shape index (κ1) is 11.2. The van der Waals surface area contributed by atoms with Crippen molar-refractivity contribution in [1.29, 1.82) is 0 Å². The molecule has 1 atom stereocenters. The Morgan fingerprint density at radius 2 is 2.00 bits per heavy atom. The van der Waals surface area contributed by atoms with E-state index in [4.69, 9.17) is 0 Å². The van der Waals surface area contributed by atoms with Gasteiger partial charge in [0.05, 0.1) is 0 Å². The zero-order valence-electron chi connectivity index (χ0n) is 10.4. The Labute approximate surface area is 102 Å². The zero-order chi connectivity index (χ0) is 11.9. The molecule has 1 N–H and O–H groups in total. The fraction of sp³-hybridized carbons (Fsp3) is 0.600. The topological polar surface area (TPSA) is 12.0 Å². The monoisotopic (exact) mass is 233 g/mol. The lowest BCUT2D eigenvalue weighted by atomic mass is 9.67. The van der Waals surface area contributed by atoms with Crippen molar-refractivity contribution in [3.63, 3.8) is 0 Å². The molecule has 1 nitrogen and oxygen atoms in total. The van der Waals surface area contributed by atoms with Crippen LogP contribution in [0.15, 0.2) is 18.2 Å². The molecule has 0 amide bonds. The van der Waals surface area contributed by atoms with E-state index in [1.807, 2.05) is 13.1 Å². The average molecular weight is 233 g/mol. The van der Waals surface area contributed by atoms with E-state index in [0.29, 0.717) is 11.5 Å². The molecular formula is C15H20FN. The Morgan fingerprint density at radius 3 is 2.71 bits per heavy atom. The predicted octanol–water partition coefficient (Wildman–Crippen LogP) is 3.69. The lowest BCUT2D eigenvalue weighted by molar-refractivity contribution is 0.326. The van der Waals surface area contributed by atoms with Gasteiger partial charge in [-0.15, -0.1) is 0 Å². The maximum Gasteiger partial charge on any atom is 0.123 e. The smallest absolute Gasteiger partial charge is 0.123 e. The van der Waals surface area contributed by atoms with Crippen molar-refractivity contribution in [2.75, 3.05) is 7.05 Å². The molecular weight excluding hydrogens is 213 g/mol. The van der Waals surface area contributed by atoms with E-state index in [1.54, 1.807) is 12.1 Å². The average Bonchev–Trinajstić information content (AvgIpc) is 2.80. The predicted molar refractivity (Wildman–Crippen MR) is 67.6 cm³/mol. The maximum atomic E-state index is 13.5. The molecule has 1 spiro atoms. The Kier molecular flexibility index (Phi) is 2.70. The molecule has 17 heavy (non-hydrogen) atoms. The molecule has 92 valence electrons. The van der Waals surface area contributed by atoms with Gasteiger partial charge >= 0.3 is 0 Å². The number of rotatable bonds is 1. The van der Waals surface area contributed by atoms with Crippen molar-refractivity contribution in [3.8, 4) is 0 Å². The van der Waals surface area contributed by atoms with E-state index in [9.17, 15) is 4.39 Å². The maximum absolute atomic E-state index is 13.5. The molecule has 0 saturated heterocycles. The van der Waals surface area contributed by atoms with Crippen LogP contribution >= 0.6 is 0 Å². The summed E-state index contributed by atoms with van der Waals surface area (Å²) in [4.78, 5) is 0. The summed E-state index contributed by atoms with van der Waals surface area (Å²) in [7, 11) is 2.00. The molecule has 1 unspecified atom stereocenters. The van der Waals surface area contributed by atoms with Crippen LogP contribution in [0.25, 0.3) is 0 Å². The first-order valence-electron chi connectivity index (χ1n) is 6.72. The van der Waals surface area contributed by atoms with Gasteiger partial charge in [0.25, 0.3) is 0 Å². The molecule has 2 heteroatoms. The summed E-state index contributed by atoms with van der Waals surface area (Å²) < 4.78 is 13.5. The first-order valence-corrected chi connectivity index (χ1v) is 6.72. The molecule has 0 bridgehead atoms. The molecule has 1 aromatic rings. The Hall–Kier alpha value is -0.890. The number of hydrogen-bond acceptors (Lipinski definition) is 1. The van der Waals surface area contributed by atoms with E-state index in [2.05, 4.69) is 5.32 Å². The second-order valence-electron chi connectivity index (χ2n) is 5.60. The minimum Gasteiger partial charge on any atom is -0.313 e. The van der Waals surface area contributed by atoms with Crippen LogP contribution in [0.5, 0.6) is 0 Å².